The average Bonchev–Trinajstić information content (AvgIpc) is 2.33. The number of thioether (sulfide) groups is 1. The Labute approximate surface area is 109 Å². The van der Waals surface area contributed by atoms with Gasteiger partial charge in [-0.2, -0.15) is 0 Å². The molecule has 2 aromatic rings. The van der Waals surface area contributed by atoms with E-state index in [-0.39, 0.29) is 11.4 Å². The van der Waals surface area contributed by atoms with Gasteiger partial charge >= 0.3 is 0 Å². The number of nitrogens with zero attached hydrogens (tertiary/aromatic N) is 2. The zero-order valence-corrected chi connectivity index (χ0v) is 11.0. The molecule has 1 aromatic heterocycles. The molecule has 0 aliphatic carbocycles. The lowest BCUT2D eigenvalue weighted by Crippen LogP contribution is -2.19. The van der Waals surface area contributed by atoms with Gasteiger partial charge in [0.15, 0.2) is 5.16 Å². The Bertz CT molecular complexity index is 625. The van der Waals surface area contributed by atoms with Crippen LogP contribution in [0.15, 0.2) is 40.3 Å². The van der Waals surface area contributed by atoms with E-state index < -0.39 is 0 Å². The van der Waals surface area contributed by atoms with Gasteiger partial charge in [-0.15, -0.1) is 0 Å². The molecule has 0 radical (unpaired) electrons. The number of aromatic nitrogens is 2. The van der Waals surface area contributed by atoms with Crippen LogP contribution in [-0.2, 0) is 12.8 Å². The van der Waals surface area contributed by atoms with Gasteiger partial charge < -0.3 is 0 Å². The zero-order chi connectivity index (χ0) is 13.1. The van der Waals surface area contributed by atoms with E-state index in [9.17, 15) is 9.18 Å². The van der Waals surface area contributed by atoms with Crippen molar-refractivity contribution in [2.24, 2.45) is 7.05 Å². The molecule has 0 amide bonds. The SMILES string of the molecule is Cc1cc(=O)n(C)c(SCc2ccccc2F)n1. The van der Waals surface area contributed by atoms with Crippen molar-refractivity contribution in [1.82, 2.24) is 9.55 Å². The van der Waals surface area contributed by atoms with E-state index in [1.807, 2.05) is 0 Å². The van der Waals surface area contributed by atoms with Gasteiger partial charge in [-0.1, -0.05) is 30.0 Å². The van der Waals surface area contributed by atoms with Gasteiger partial charge in [0.2, 0.25) is 0 Å². The molecule has 0 atom stereocenters. The van der Waals surface area contributed by atoms with E-state index in [4.69, 9.17) is 0 Å². The van der Waals surface area contributed by atoms with Crippen LogP contribution in [-0.4, -0.2) is 9.55 Å². The van der Waals surface area contributed by atoms with Gasteiger partial charge in [0.05, 0.1) is 0 Å². The van der Waals surface area contributed by atoms with Crippen molar-refractivity contribution in [3.8, 4) is 0 Å². The van der Waals surface area contributed by atoms with Crippen molar-refractivity contribution in [3.63, 3.8) is 0 Å². The number of rotatable bonds is 3. The first kappa shape index (κ1) is 12.8. The number of aryl methyl sites for hydroxylation is 1. The van der Waals surface area contributed by atoms with Crippen LogP contribution in [0.3, 0.4) is 0 Å². The fourth-order valence-corrected chi connectivity index (χ4v) is 2.53. The molecule has 0 bridgehead atoms. The molecule has 1 heterocycles. The van der Waals surface area contributed by atoms with Crippen LogP contribution in [0, 0.1) is 12.7 Å². The molecule has 5 heteroatoms. The summed E-state index contributed by atoms with van der Waals surface area (Å²) in [6, 6.07) is 8.09. The standard InChI is InChI=1S/C13H13FN2OS/c1-9-7-12(17)16(2)13(15-9)18-8-10-5-3-4-6-11(10)14/h3-7H,8H2,1-2H3. The quantitative estimate of drug-likeness (QED) is 0.631. The van der Waals surface area contributed by atoms with Crippen molar-refractivity contribution < 1.29 is 4.39 Å². The molecule has 0 saturated carbocycles. The lowest BCUT2D eigenvalue weighted by Gasteiger charge is -2.07. The largest absolute Gasteiger partial charge is 0.291 e. The topological polar surface area (TPSA) is 34.9 Å². The lowest BCUT2D eigenvalue weighted by atomic mass is 10.2. The van der Waals surface area contributed by atoms with Crippen molar-refractivity contribution in [2.75, 3.05) is 0 Å². The van der Waals surface area contributed by atoms with Crippen LogP contribution in [0.2, 0.25) is 0 Å². The summed E-state index contributed by atoms with van der Waals surface area (Å²) in [5, 5.41) is 0.600. The molecule has 0 N–H and O–H groups in total. The Morgan fingerprint density at radius 1 is 1.39 bits per heavy atom. The molecule has 1 aromatic carbocycles. The van der Waals surface area contributed by atoms with Crippen LogP contribution in [0.1, 0.15) is 11.3 Å². The lowest BCUT2D eigenvalue weighted by molar-refractivity contribution is 0.617. The van der Waals surface area contributed by atoms with E-state index >= 15 is 0 Å². The molecule has 2 rings (SSSR count). The third-order valence-electron chi connectivity index (χ3n) is 2.54. The fourth-order valence-electron chi connectivity index (χ4n) is 1.51. The highest BCUT2D eigenvalue weighted by molar-refractivity contribution is 7.98. The highest BCUT2D eigenvalue weighted by Crippen LogP contribution is 2.21. The summed E-state index contributed by atoms with van der Waals surface area (Å²) in [6.45, 7) is 1.77. The molecule has 0 spiro atoms. The van der Waals surface area contributed by atoms with E-state index in [0.717, 1.165) is 0 Å². The smallest absolute Gasteiger partial charge is 0.254 e. The second-order valence-electron chi connectivity index (χ2n) is 3.96. The molecule has 0 fully saturated rings. The van der Waals surface area contributed by atoms with E-state index in [1.54, 1.807) is 32.2 Å². The van der Waals surface area contributed by atoms with E-state index in [2.05, 4.69) is 4.98 Å². The van der Waals surface area contributed by atoms with Gasteiger partial charge in [-0.05, 0) is 18.6 Å². The van der Waals surface area contributed by atoms with Crippen molar-refractivity contribution in [1.29, 1.82) is 0 Å². The third kappa shape index (κ3) is 2.79. The molecule has 0 unspecified atom stereocenters. The monoisotopic (exact) mass is 264 g/mol. The Hall–Kier alpha value is -1.62. The van der Waals surface area contributed by atoms with Crippen LogP contribution in [0.25, 0.3) is 0 Å². The highest BCUT2D eigenvalue weighted by Gasteiger charge is 2.06. The van der Waals surface area contributed by atoms with Gasteiger partial charge in [0, 0.05) is 24.6 Å². The number of hydrogen-bond donors (Lipinski definition) is 0. The molecular formula is C13H13FN2OS. The maximum Gasteiger partial charge on any atom is 0.254 e. The normalized spacial score (nSPS) is 10.6. The Morgan fingerprint density at radius 3 is 2.83 bits per heavy atom. The van der Waals surface area contributed by atoms with Crippen LogP contribution in [0.5, 0.6) is 0 Å². The molecule has 94 valence electrons. The Kier molecular flexibility index (Phi) is 3.81. The maximum absolute atomic E-state index is 13.4. The average molecular weight is 264 g/mol. The maximum atomic E-state index is 13.4. The van der Waals surface area contributed by atoms with Gasteiger partial charge in [0.1, 0.15) is 5.82 Å². The first-order chi connectivity index (χ1) is 8.58. The minimum absolute atomic E-state index is 0.0986. The van der Waals surface area contributed by atoms with Crippen molar-refractivity contribution in [2.45, 2.75) is 17.8 Å². The third-order valence-corrected chi connectivity index (χ3v) is 3.62. The van der Waals surface area contributed by atoms with Gasteiger partial charge in [-0.25, -0.2) is 9.37 Å². The van der Waals surface area contributed by atoms with E-state index in [0.29, 0.717) is 22.2 Å². The Balaban J connectivity index is 2.21. The molecular weight excluding hydrogens is 251 g/mol. The summed E-state index contributed by atoms with van der Waals surface area (Å²) in [4.78, 5) is 15.9. The van der Waals surface area contributed by atoms with Crippen LogP contribution in [0.4, 0.5) is 4.39 Å². The van der Waals surface area contributed by atoms with Crippen LogP contribution < -0.4 is 5.56 Å². The predicted octanol–water partition coefficient (Wildman–Crippen LogP) is 2.52. The molecule has 0 saturated heterocycles. The van der Waals surface area contributed by atoms with Gasteiger partial charge in [0.25, 0.3) is 5.56 Å². The first-order valence-electron chi connectivity index (χ1n) is 5.49. The van der Waals surface area contributed by atoms with Crippen molar-refractivity contribution >= 4 is 11.8 Å². The summed E-state index contributed by atoms with van der Waals surface area (Å²) >= 11 is 1.35. The van der Waals surface area contributed by atoms with Gasteiger partial charge in [-0.3, -0.25) is 9.36 Å². The second-order valence-corrected chi connectivity index (χ2v) is 4.90. The second kappa shape index (κ2) is 5.35. The zero-order valence-electron chi connectivity index (χ0n) is 10.2. The molecule has 0 aliphatic rings. The number of halogens is 1. The van der Waals surface area contributed by atoms with Crippen molar-refractivity contribution in [3.05, 3.63) is 57.8 Å². The Morgan fingerprint density at radius 2 is 2.11 bits per heavy atom. The summed E-state index contributed by atoms with van der Waals surface area (Å²) < 4.78 is 14.9. The predicted molar refractivity (Wildman–Crippen MR) is 70.2 cm³/mol. The summed E-state index contributed by atoms with van der Waals surface area (Å²) in [5.74, 6) is 0.221. The van der Waals surface area contributed by atoms with E-state index in [1.165, 1.54) is 28.5 Å². The molecule has 3 nitrogen and oxygen atoms in total. The highest BCUT2D eigenvalue weighted by atomic mass is 32.2. The minimum Gasteiger partial charge on any atom is -0.291 e. The minimum atomic E-state index is -0.234. The summed E-state index contributed by atoms with van der Waals surface area (Å²) in [7, 11) is 1.67. The summed E-state index contributed by atoms with van der Waals surface area (Å²) in [5.41, 5.74) is 1.19. The number of hydrogen-bond acceptors (Lipinski definition) is 3. The fraction of sp³-hybridized carbons (Fsp3) is 0.231. The molecule has 0 aliphatic heterocycles. The number of benzene rings is 1. The first-order valence-corrected chi connectivity index (χ1v) is 6.47. The van der Waals surface area contributed by atoms with Crippen LogP contribution >= 0.6 is 11.8 Å². The molecule has 18 heavy (non-hydrogen) atoms. The summed E-state index contributed by atoms with van der Waals surface area (Å²) in [6.07, 6.45) is 0.